The normalized spacial score (nSPS) is 26.1. The van der Waals surface area contributed by atoms with Crippen molar-refractivity contribution in [1.82, 2.24) is 4.90 Å². The fourth-order valence-corrected chi connectivity index (χ4v) is 3.23. The summed E-state index contributed by atoms with van der Waals surface area (Å²) in [6, 6.07) is 0.774. The van der Waals surface area contributed by atoms with Gasteiger partial charge in [-0.05, 0) is 38.6 Å². The van der Waals surface area contributed by atoms with Crippen LogP contribution in [0.4, 0.5) is 0 Å². The molecule has 2 atom stereocenters. The van der Waals surface area contributed by atoms with E-state index < -0.39 is 0 Å². The average molecular weight is 241 g/mol. The first-order valence-electron chi connectivity index (χ1n) is 7.60. The van der Waals surface area contributed by atoms with Crippen molar-refractivity contribution in [3.05, 3.63) is 0 Å². The summed E-state index contributed by atoms with van der Waals surface area (Å²) in [6.07, 6.45) is 12.1. The summed E-state index contributed by atoms with van der Waals surface area (Å²) in [7, 11) is 2.25. The van der Waals surface area contributed by atoms with Gasteiger partial charge in [0.25, 0.3) is 0 Å². The van der Waals surface area contributed by atoms with Crippen LogP contribution in [0.5, 0.6) is 0 Å². The number of hydrogen-bond acceptors (Lipinski definition) is 2. The zero-order valence-corrected chi connectivity index (χ0v) is 11.8. The van der Waals surface area contributed by atoms with Crippen molar-refractivity contribution in [2.24, 2.45) is 5.92 Å². The topological polar surface area (TPSA) is 23.5 Å². The molecule has 1 rings (SSSR count). The number of nitrogens with zero attached hydrogens (tertiary/aromatic N) is 1. The minimum absolute atomic E-state index is 0.330. The molecule has 2 nitrogen and oxygen atoms in total. The molecule has 1 saturated carbocycles. The van der Waals surface area contributed by atoms with Gasteiger partial charge in [0.05, 0.1) is 0 Å². The first kappa shape index (κ1) is 15.0. The summed E-state index contributed by atoms with van der Waals surface area (Å²) >= 11 is 0. The van der Waals surface area contributed by atoms with E-state index in [1.165, 1.54) is 51.4 Å². The molecule has 17 heavy (non-hydrogen) atoms. The summed E-state index contributed by atoms with van der Waals surface area (Å²) in [5.74, 6) is 0.904. The van der Waals surface area contributed by atoms with Gasteiger partial charge in [0.2, 0.25) is 0 Å². The van der Waals surface area contributed by atoms with Crippen LogP contribution >= 0.6 is 0 Å². The maximum absolute atomic E-state index is 8.95. The largest absolute Gasteiger partial charge is 0.396 e. The Kier molecular flexibility index (Phi) is 7.87. The molecule has 0 aliphatic heterocycles. The third kappa shape index (κ3) is 5.39. The number of unbranched alkanes of at least 4 members (excludes halogenated alkanes) is 1. The van der Waals surface area contributed by atoms with Crippen LogP contribution < -0.4 is 0 Å². The molecule has 0 bridgehead atoms. The molecule has 0 aromatic heterocycles. The van der Waals surface area contributed by atoms with Gasteiger partial charge in [-0.25, -0.2) is 0 Å². The summed E-state index contributed by atoms with van der Waals surface area (Å²) in [6.45, 7) is 3.68. The van der Waals surface area contributed by atoms with Gasteiger partial charge in [-0.3, -0.25) is 0 Å². The highest BCUT2D eigenvalue weighted by molar-refractivity contribution is 4.80. The second kappa shape index (κ2) is 8.93. The minimum atomic E-state index is 0.330. The molecule has 1 N–H and O–H groups in total. The highest BCUT2D eigenvalue weighted by Gasteiger charge is 2.25. The maximum Gasteiger partial charge on any atom is 0.0443 e. The smallest absolute Gasteiger partial charge is 0.0443 e. The molecule has 1 fully saturated rings. The molecule has 0 radical (unpaired) electrons. The van der Waals surface area contributed by atoms with Crippen molar-refractivity contribution >= 4 is 0 Å². The first-order valence-corrected chi connectivity index (χ1v) is 7.60. The number of aliphatic hydroxyl groups is 1. The molecule has 0 saturated heterocycles. The van der Waals surface area contributed by atoms with Crippen molar-refractivity contribution in [2.45, 2.75) is 70.8 Å². The molecule has 1 aliphatic rings. The van der Waals surface area contributed by atoms with Crippen molar-refractivity contribution in [3.8, 4) is 0 Å². The quantitative estimate of drug-likeness (QED) is 0.690. The van der Waals surface area contributed by atoms with Crippen molar-refractivity contribution < 1.29 is 5.11 Å². The molecule has 1 aliphatic carbocycles. The number of rotatable bonds is 7. The van der Waals surface area contributed by atoms with Gasteiger partial charge < -0.3 is 10.0 Å². The second-order valence-electron chi connectivity index (χ2n) is 5.67. The fourth-order valence-electron chi connectivity index (χ4n) is 3.23. The van der Waals surface area contributed by atoms with Gasteiger partial charge in [0.1, 0.15) is 0 Å². The first-order chi connectivity index (χ1) is 8.29. The minimum Gasteiger partial charge on any atom is -0.396 e. The van der Waals surface area contributed by atoms with E-state index in [0.717, 1.165) is 24.9 Å². The monoisotopic (exact) mass is 241 g/mol. The molecular weight excluding hydrogens is 210 g/mol. The van der Waals surface area contributed by atoms with E-state index in [-0.39, 0.29) is 0 Å². The van der Waals surface area contributed by atoms with Gasteiger partial charge in [0, 0.05) is 19.2 Å². The standard InChI is InChI=1S/C15H31NO/c1-3-4-9-14-10-6-5-7-11-15(14)16(2)12-8-13-17/h14-15,17H,3-13H2,1-2H3. The molecule has 0 aromatic rings. The van der Waals surface area contributed by atoms with Crippen LogP contribution in [0.2, 0.25) is 0 Å². The molecule has 0 amide bonds. The molecule has 0 heterocycles. The molecule has 102 valence electrons. The van der Waals surface area contributed by atoms with Crippen LogP contribution in [0.3, 0.4) is 0 Å². The highest BCUT2D eigenvalue weighted by atomic mass is 16.3. The lowest BCUT2D eigenvalue weighted by molar-refractivity contribution is 0.144. The van der Waals surface area contributed by atoms with Crippen LogP contribution in [-0.2, 0) is 0 Å². The molecule has 0 spiro atoms. The van der Waals surface area contributed by atoms with Crippen molar-refractivity contribution in [1.29, 1.82) is 0 Å². The van der Waals surface area contributed by atoms with E-state index in [2.05, 4.69) is 18.9 Å². The van der Waals surface area contributed by atoms with Crippen LogP contribution in [-0.4, -0.2) is 36.2 Å². The van der Waals surface area contributed by atoms with E-state index in [4.69, 9.17) is 5.11 Å². The molecule has 2 heteroatoms. The Balaban J connectivity index is 2.47. The predicted octanol–water partition coefficient (Wildman–Crippen LogP) is 3.44. The van der Waals surface area contributed by atoms with Crippen molar-refractivity contribution in [3.63, 3.8) is 0 Å². The summed E-state index contributed by atoms with van der Waals surface area (Å²) in [4.78, 5) is 2.52. The summed E-state index contributed by atoms with van der Waals surface area (Å²) < 4.78 is 0. The zero-order valence-electron chi connectivity index (χ0n) is 11.8. The van der Waals surface area contributed by atoms with Gasteiger partial charge in [-0.2, -0.15) is 0 Å². The number of aliphatic hydroxyl groups excluding tert-OH is 1. The summed E-state index contributed by atoms with van der Waals surface area (Å²) in [5, 5.41) is 8.95. The van der Waals surface area contributed by atoms with E-state index >= 15 is 0 Å². The molecule has 2 unspecified atom stereocenters. The SMILES string of the molecule is CCCCC1CCCCCC1N(C)CCCO. The van der Waals surface area contributed by atoms with Gasteiger partial charge in [-0.1, -0.05) is 39.0 Å². The number of hydrogen-bond donors (Lipinski definition) is 1. The second-order valence-corrected chi connectivity index (χ2v) is 5.67. The highest BCUT2D eigenvalue weighted by Crippen LogP contribution is 2.30. The maximum atomic E-state index is 8.95. The van der Waals surface area contributed by atoms with Crippen molar-refractivity contribution in [2.75, 3.05) is 20.2 Å². The predicted molar refractivity (Wildman–Crippen MR) is 74.2 cm³/mol. The lowest BCUT2D eigenvalue weighted by Gasteiger charge is -2.33. The molecule has 0 aromatic carbocycles. The third-order valence-electron chi connectivity index (χ3n) is 4.28. The summed E-state index contributed by atoms with van der Waals surface area (Å²) in [5.41, 5.74) is 0. The Bertz CT molecular complexity index is 184. The van der Waals surface area contributed by atoms with E-state index in [1.54, 1.807) is 0 Å². The Hall–Kier alpha value is -0.0800. The van der Waals surface area contributed by atoms with Crippen LogP contribution in [0.15, 0.2) is 0 Å². The van der Waals surface area contributed by atoms with Crippen LogP contribution in [0.25, 0.3) is 0 Å². The fraction of sp³-hybridized carbons (Fsp3) is 1.00. The van der Waals surface area contributed by atoms with E-state index in [1.807, 2.05) is 0 Å². The molecular formula is C15H31NO. The van der Waals surface area contributed by atoms with E-state index in [0.29, 0.717) is 6.61 Å². The Morgan fingerprint density at radius 2 is 1.88 bits per heavy atom. The average Bonchev–Trinajstić information content (AvgIpc) is 2.58. The zero-order chi connectivity index (χ0) is 12.5. The Morgan fingerprint density at radius 1 is 1.12 bits per heavy atom. The Labute approximate surface area is 107 Å². The van der Waals surface area contributed by atoms with Crippen LogP contribution in [0, 0.1) is 5.92 Å². The Morgan fingerprint density at radius 3 is 2.59 bits per heavy atom. The van der Waals surface area contributed by atoms with E-state index in [9.17, 15) is 0 Å². The lowest BCUT2D eigenvalue weighted by Crippen LogP contribution is -2.38. The van der Waals surface area contributed by atoms with Crippen LogP contribution in [0.1, 0.15) is 64.7 Å². The van der Waals surface area contributed by atoms with Gasteiger partial charge >= 0.3 is 0 Å². The van der Waals surface area contributed by atoms with Gasteiger partial charge in [0.15, 0.2) is 0 Å². The lowest BCUT2D eigenvalue weighted by atomic mass is 9.89. The van der Waals surface area contributed by atoms with Gasteiger partial charge in [-0.15, -0.1) is 0 Å². The third-order valence-corrected chi connectivity index (χ3v) is 4.28.